The molecule has 0 amide bonds. The summed E-state index contributed by atoms with van der Waals surface area (Å²) >= 11 is 1.69. The van der Waals surface area contributed by atoms with Gasteiger partial charge in [-0.3, -0.25) is 4.90 Å². The lowest BCUT2D eigenvalue weighted by Gasteiger charge is -2.21. The van der Waals surface area contributed by atoms with Gasteiger partial charge in [0.25, 0.3) is 0 Å². The van der Waals surface area contributed by atoms with E-state index in [1.165, 1.54) is 0 Å². The van der Waals surface area contributed by atoms with Gasteiger partial charge in [0.2, 0.25) is 5.89 Å². The Kier molecular flexibility index (Phi) is 4.13. The third-order valence-corrected chi connectivity index (χ3v) is 4.85. The van der Waals surface area contributed by atoms with Gasteiger partial charge in [0, 0.05) is 17.6 Å². The fraction of sp³-hybridized carbons (Fsp3) is 0.375. The van der Waals surface area contributed by atoms with Crippen LogP contribution in [0, 0.1) is 13.8 Å². The van der Waals surface area contributed by atoms with E-state index >= 15 is 0 Å². The standard InChI is InChI=1S/C16H19N3O2S/c1-10-9-22-16(17-10)11(2)19(4)7-14-12(3)21-15(18-14)13-5-6-20-8-13/h5-6,8-9,11H,7H2,1-4H3. The lowest BCUT2D eigenvalue weighted by Crippen LogP contribution is -2.22. The van der Waals surface area contributed by atoms with Gasteiger partial charge in [-0.25, -0.2) is 9.97 Å². The van der Waals surface area contributed by atoms with E-state index in [1.54, 1.807) is 23.9 Å². The first-order valence-electron chi connectivity index (χ1n) is 7.15. The van der Waals surface area contributed by atoms with Gasteiger partial charge in [-0.15, -0.1) is 11.3 Å². The van der Waals surface area contributed by atoms with Gasteiger partial charge in [0.05, 0.1) is 23.6 Å². The number of furan rings is 1. The van der Waals surface area contributed by atoms with Gasteiger partial charge < -0.3 is 8.83 Å². The Balaban J connectivity index is 1.75. The third kappa shape index (κ3) is 2.98. The predicted molar refractivity (Wildman–Crippen MR) is 85.7 cm³/mol. The van der Waals surface area contributed by atoms with Crippen LogP contribution in [0.2, 0.25) is 0 Å². The Bertz CT molecular complexity index is 745. The molecule has 6 heteroatoms. The summed E-state index contributed by atoms with van der Waals surface area (Å²) in [5, 5.41) is 3.20. The first-order chi connectivity index (χ1) is 10.5. The summed E-state index contributed by atoms with van der Waals surface area (Å²) < 4.78 is 10.8. The molecular formula is C16H19N3O2S. The summed E-state index contributed by atoms with van der Waals surface area (Å²) in [4.78, 5) is 11.4. The van der Waals surface area contributed by atoms with Crippen LogP contribution in [0.1, 0.15) is 35.1 Å². The average Bonchev–Trinajstić information content (AvgIpc) is 3.20. The van der Waals surface area contributed by atoms with Gasteiger partial charge in [-0.2, -0.15) is 0 Å². The first kappa shape index (κ1) is 15.0. The molecule has 0 aromatic carbocycles. The SMILES string of the molecule is Cc1csc(C(C)N(C)Cc2nc(-c3ccoc3)oc2C)n1. The van der Waals surface area contributed by atoms with Gasteiger partial charge in [0.1, 0.15) is 17.0 Å². The minimum absolute atomic E-state index is 0.243. The highest BCUT2D eigenvalue weighted by atomic mass is 32.1. The third-order valence-electron chi connectivity index (χ3n) is 3.72. The van der Waals surface area contributed by atoms with E-state index in [0.29, 0.717) is 12.4 Å². The van der Waals surface area contributed by atoms with E-state index in [2.05, 4.69) is 34.2 Å². The molecule has 0 radical (unpaired) electrons. The first-order valence-corrected chi connectivity index (χ1v) is 8.03. The van der Waals surface area contributed by atoms with E-state index < -0.39 is 0 Å². The topological polar surface area (TPSA) is 55.3 Å². The largest absolute Gasteiger partial charge is 0.472 e. The lowest BCUT2D eigenvalue weighted by atomic mass is 10.2. The lowest BCUT2D eigenvalue weighted by molar-refractivity contribution is 0.248. The van der Waals surface area contributed by atoms with Crippen LogP contribution in [0.3, 0.4) is 0 Å². The molecule has 0 aliphatic carbocycles. The van der Waals surface area contributed by atoms with Crippen molar-refractivity contribution in [3.63, 3.8) is 0 Å². The Morgan fingerprint density at radius 2 is 2.14 bits per heavy atom. The van der Waals surface area contributed by atoms with Gasteiger partial charge >= 0.3 is 0 Å². The maximum absolute atomic E-state index is 5.74. The number of thiazole rings is 1. The summed E-state index contributed by atoms with van der Waals surface area (Å²) in [7, 11) is 2.08. The molecule has 116 valence electrons. The van der Waals surface area contributed by atoms with Crippen LogP contribution in [0.25, 0.3) is 11.5 Å². The fourth-order valence-electron chi connectivity index (χ4n) is 2.21. The summed E-state index contributed by atoms with van der Waals surface area (Å²) in [6, 6.07) is 2.09. The zero-order valence-electron chi connectivity index (χ0n) is 13.2. The second-order valence-corrected chi connectivity index (χ2v) is 6.34. The minimum Gasteiger partial charge on any atom is -0.472 e. The predicted octanol–water partition coefficient (Wildman–Crippen LogP) is 4.20. The van der Waals surface area contributed by atoms with Crippen molar-refractivity contribution in [1.29, 1.82) is 0 Å². The summed E-state index contributed by atoms with van der Waals surface area (Å²) in [6.45, 7) is 6.83. The molecule has 0 saturated carbocycles. The van der Waals surface area contributed by atoms with Gasteiger partial charge in [0.15, 0.2) is 0 Å². The molecule has 3 aromatic rings. The second-order valence-electron chi connectivity index (χ2n) is 5.45. The number of aryl methyl sites for hydroxylation is 2. The monoisotopic (exact) mass is 317 g/mol. The van der Waals surface area contributed by atoms with Crippen LogP contribution in [-0.2, 0) is 6.54 Å². The van der Waals surface area contributed by atoms with Crippen LogP contribution >= 0.6 is 11.3 Å². The Labute approximate surface area is 133 Å². The highest BCUT2D eigenvalue weighted by Crippen LogP contribution is 2.26. The second kappa shape index (κ2) is 6.06. The molecule has 22 heavy (non-hydrogen) atoms. The maximum Gasteiger partial charge on any atom is 0.229 e. The number of aromatic nitrogens is 2. The zero-order chi connectivity index (χ0) is 15.7. The molecule has 3 aromatic heterocycles. The molecule has 0 saturated heterocycles. The van der Waals surface area contributed by atoms with E-state index in [1.807, 2.05) is 19.9 Å². The van der Waals surface area contributed by atoms with Gasteiger partial charge in [-0.1, -0.05) is 0 Å². The molecule has 0 spiro atoms. The molecule has 1 unspecified atom stereocenters. The molecule has 3 rings (SSSR count). The van der Waals surface area contributed by atoms with E-state index in [9.17, 15) is 0 Å². The van der Waals surface area contributed by atoms with E-state index in [-0.39, 0.29) is 6.04 Å². The Morgan fingerprint density at radius 1 is 1.32 bits per heavy atom. The molecular weight excluding hydrogens is 298 g/mol. The van der Waals surface area contributed by atoms with Gasteiger partial charge in [-0.05, 0) is 33.9 Å². The summed E-state index contributed by atoms with van der Waals surface area (Å²) in [5.74, 6) is 1.44. The van der Waals surface area contributed by atoms with Crippen molar-refractivity contribution in [2.24, 2.45) is 0 Å². The average molecular weight is 317 g/mol. The van der Waals surface area contributed by atoms with E-state index in [0.717, 1.165) is 27.7 Å². The number of nitrogens with zero attached hydrogens (tertiary/aromatic N) is 3. The van der Waals surface area contributed by atoms with E-state index in [4.69, 9.17) is 8.83 Å². The quantitative estimate of drug-likeness (QED) is 0.706. The highest BCUT2D eigenvalue weighted by Gasteiger charge is 2.19. The minimum atomic E-state index is 0.243. The Hall–Kier alpha value is -1.92. The summed E-state index contributed by atoms with van der Waals surface area (Å²) in [6.07, 6.45) is 3.26. The van der Waals surface area contributed by atoms with Crippen LogP contribution in [0.4, 0.5) is 0 Å². The molecule has 0 aliphatic rings. The van der Waals surface area contributed by atoms with Crippen LogP contribution in [0.5, 0.6) is 0 Å². The molecule has 0 bridgehead atoms. The highest BCUT2D eigenvalue weighted by molar-refractivity contribution is 7.09. The number of rotatable bonds is 5. The molecule has 0 fully saturated rings. The molecule has 3 heterocycles. The van der Waals surface area contributed by atoms with Crippen molar-refractivity contribution < 1.29 is 8.83 Å². The fourth-order valence-corrected chi connectivity index (χ4v) is 3.13. The Morgan fingerprint density at radius 3 is 2.77 bits per heavy atom. The van der Waals surface area contributed by atoms with Crippen LogP contribution in [-0.4, -0.2) is 21.9 Å². The number of hydrogen-bond donors (Lipinski definition) is 0. The molecule has 5 nitrogen and oxygen atoms in total. The van der Waals surface area contributed by atoms with Crippen LogP contribution < -0.4 is 0 Å². The number of oxazole rings is 1. The molecule has 0 aliphatic heterocycles. The maximum atomic E-state index is 5.74. The van der Waals surface area contributed by atoms with Crippen molar-refractivity contribution in [2.75, 3.05) is 7.05 Å². The van der Waals surface area contributed by atoms with Crippen molar-refractivity contribution in [2.45, 2.75) is 33.4 Å². The van der Waals surface area contributed by atoms with Crippen molar-refractivity contribution >= 4 is 11.3 Å². The van der Waals surface area contributed by atoms with Crippen molar-refractivity contribution in [3.8, 4) is 11.5 Å². The van der Waals surface area contributed by atoms with Crippen molar-refractivity contribution in [1.82, 2.24) is 14.9 Å². The van der Waals surface area contributed by atoms with Crippen LogP contribution in [0.15, 0.2) is 32.8 Å². The molecule has 0 N–H and O–H groups in total. The van der Waals surface area contributed by atoms with Crippen molar-refractivity contribution in [3.05, 3.63) is 46.1 Å². The number of hydrogen-bond acceptors (Lipinski definition) is 6. The molecule has 1 atom stereocenters. The zero-order valence-corrected chi connectivity index (χ0v) is 14.0. The normalized spacial score (nSPS) is 13.0. The summed E-state index contributed by atoms with van der Waals surface area (Å²) in [5.41, 5.74) is 2.87. The smallest absolute Gasteiger partial charge is 0.229 e.